The zero-order valence-corrected chi connectivity index (χ0v) is 20.9. The fraction of sp³-hybridized carbons (Fsp3) is 0.321. The summed E-state index contributed by atoms with van der Waals surface area (Å²) in [5.74, 6) is 1.65. The molecule has 1 fully saturated rings. The van der Waals surface area contributed by atoms with Crippen molar-refractivity contribution in [1.29, 1.82) is 0 Å². The Morgan fingerprint density at radius 2 is 1.95 bits per heavy atom. The van der Waals surface area contributed by atoms with E-state index in [9.17, 15) is 4.79 Å². The Morgan fingerprint density at radius 3 is 2.81 bits per heavy atom. The van der Waals surface area contributed by atoms with Gasteiger partial charge in [-0.25, -0.2) is 9.97 Å². The van der Waals surface area contributed by atoms with Crippen molar-refractivity contribution in [3.8, 4) is 22.6 Å². The molecule has 1 saturated heterocycles. The fourth-order valence-corrected chi connectivity index (χ4v) is 4.97. The van der Waals surface area contributed by atoms with Crippen LogP contribution in [0.1, 0.15) is 45.4 Å². The Hall–Kier alpha value is -4.27. The van der Waals surface area contributed by atoms with Gasteiger partial charge >= 0.3 is 0 Å². The van der Waals surface area contributed by atoms with E-state index in [0.29, 0.717) is 17.9 Å². The molecule has 1 aromatic carbocycles. The molecule has 4 aromatic heterocycles. The molecule has 0 bridgehead atoms. The highest BCUT2D eigenvalue weighted by Gasteiger charge is 2.20. The molecule has 5 aromatic rings. The molecule has 1 aliphatic heterocycles. The summed E-state index contributed by atoms with van der Waals surface area (Å²) in [7, 11) is 0. The van der Waals surface area contributed by atoms with Crippen molar-refractivity contribution in [2.45, 2.75) is 45.4 Å². The van der Waals surface area contributed by atoms with Crippen molar-refractivity contribution < 1.29 is 4.79 Å². The van der Waals surface area contributed by atoms with Crippen molar-refractivity contribution in [3.05, 3.63) is 48.9 Å². The van der Waals surface area contributed by atoms with Crippen LogP contribution in [-0.4, -0.2) is 49.1 Å². The average molecular weight is 495 g/mol. The van der Waals surface area contributed by atoms with Gasteiger partial charge in [-0.15, -0.1) is 0 Å². The molecular weight excluding hydrogens is 464 g/mol. The summed E-state index contributed by atoms with van der Waals surface area (Å²) >= 11 is 0. The van der Waals surface area contributed by atoms with E-state index in [1.807, 2.05) is 30.5 Å². The molecule has 6 rings (SSSR count). The van der Waals surface area contributed by atoms with Crippen LogP contribution in [0.3, 0.4) is 0 Å². The first kappa shape index (κ1) is 23.1. The SMILES string of the molecule is CCCCC(=O)Nc1cncc(-c2ccc3[nH]nc(-c4nc5c(N6CCCCC6)nccc5[nH]4)c3c2)c1. The highest BCUT2D eigenvalue weighted by molar-refractivity contribution is 5.97. The van der Waals surface area contributed by atoms with Crippen molar-refractivity contribution in [2.24, 2.45) is 0 Å². The number of carbonyl (C=O) groups excluding carboxylic acids is 1. The van der Waals surface area contributed by atoms with Crippen molar-refractivity contribution in [2.75, 3.05) is 23.3 Å². The highest BCUT2D eigenvalue weighted by Crippen LogP contribution is 2.33. The number of nitrogens with one attached hydrogen (secondary N) is 3. The van der Waals surface area contributed by atoms with Crippen LogP contribution in [0.25, 0.3) is 44.6 Å². The molecule has 3 N–H and O–H groups in total. The third-order valence-corrected chi connectivity index (χ3v) is 6.94. The molecule has 1 aliphatic rings. The summed E-state index contributed by atoms with van der Waals surface area (Å²) in [5.41, 5.74) is 6.11. The van der Waals surface area contributed by atoms with Gasteiger partial charge in [0.25, 0.3) is 0 Å². The topological polar surface area (TPSA) is 115 Å². The number of benzene rings is 1. The second-order valence-corrected chi connectivity index (χ2v) is 9.61. The number of hydrogen-bond donors (Lipinski definition) is 3. The molecule has 9 nitrogen and oxygen atoms in total. The minimum absolute atomic E-state index is 0.0108. The van der Waals surface area contributed by atoms with E-state index in [1.165, 1.54) is 19.3 Å². The lowest BCUT2D eigenvalue weighted by molar-refractivity contribution is -0.116. The number of H-pyrrole nitrogens is 2. The van der Waals surface area contributed by atoms with Crippen LogP contribution < -0.4 is 10.2 Å². The third kappa shape index (κ3) is 4.64. The molecule has 188 valence electrons. The van der Waals surface area contributed by atoms with E-state index >= 15 is 0 Å². The number of imidazole rings is 1. The van der Waals surface area contributed by atoms with Gasteiger partial charge in [-0.05, 0) is 55.5 Å². The Morgan fingerprint density at radius 1 is 1.05 bits per heavy atom. The molecule has 1 amide bonds. The van der Waals surface area contributed by atoms with Crippen LogP contribution in [0.5, 0.6) is 0 Å². The van der Waals surface area contributed by atoms with Crippen LogP contribution >= 0.6 is 0 Å². The van der Waals surface area contributed by atoms with Crippen LogP contribution in [0.2, 0.25) is 0 Å². The van der Waals surface area contributed by atoms with Gasteiger partial charge in [0.15, 0.2) is 11.6 Å². The maximum absolute atomic E-state index is 12.2. The van der Waals surface area contributed by atoms with Gasteiger partial charge in [0.1, 0.15) is 11.2 Å². The number of hydrogen-bond acceptors (Lipinski definition) is 6. The van der Waals surface area contributed by atoms with Gasteiger partial charge < -0.3 is 15.2 Å². The number of anilines is 2. The highest BCUT2D eigenvalue weighted by atomic mass is 16.1. The molecule has 0 atom stereocenters. The number of nitrogens with zero attached hydrogens (tertiary/aromatic N) is 5. The predicted molar refractivity (Wildman–Crippen MR) is 146 cm³/mol. The standard InChI is InChI=1S/C28H30N8O/c1-2-3-7-24(37)31-20-14-19(16-29-17-20)18-8-9-22-21(15-18)25(35-34-22)27-32-23-10-11-30-28(26(23)33-27)36-12-5-4-6-13-36/h8-11,14-17H,2-7,12-13H2,1H3,(H,31,37)(H,32,33)(H,34,35). The van der Waals surface area contributed by atoms with Gasteiger partial charge in [-0.1, -0.05) is 19.4 Å². The molecule has 0 saturated carbocycles. The third-order valence-electron chi connectivity index (χ3n) is 6.94. The zero-order chi connectivity index (χ0) is 25.2. The van der Waals surface area contributed by atoms with Gasteiger partial charge in [-0.2, -0.15) is 5.10 Å². The summed E-state index contributed by atoms with van der Waals surface area (Å²) in [5, 5.41) is 11.7. The first-order valence-electron chi connectivity index (χ1n) is 13.0. The first-order valence-corrected chi connectivity index (χ1v) is 13.0. The monoisotopic (exact) mass is 494 g/mol. The van der Waals surface area contributed by atoms with Crippen molar-refractivity contribution in [3.63, 3.8) is 0 Å². The molecule has 0 unspecified atom stereocenters. The summed E-state index contributed by atoms with van der Waals surface area (Å²) in [6.07, 6.45) is 11.3. The molecule has 0 spiro atoms. The number of fused-ring (bicyclic) bond motifs is 2. The lowest BCUT2D eigenvalue weighted by Gasteiger charge is -2.27. The van der Waals surface area contributed by atoms with E-state index in [4.69, 9.17) is 4.98 Å². The quantitative estimate of drug-likeness (QED) is 0.268. The van der Waals surface area contributed by atoms with Crippen LogP contribution in [0, 0.1) is 0 Å². The minimum Gasteiger partial charge on any atom is -0.355 e. The largest absolute Gasteiger partial charge is 0.355 e. The summed E-state index contributed by atoms with van der Waals surface area (Å²) in [6, 6.07) is 10.0. The Balaban J connectivity index is 1.34. The van der Waals surface area contributed by atoms with Gasteiger partial charge in [-0.3, -0.25) is 14.9 Å². The molecule has 5 heterocycles. The lowest BCUT2D eigenvalue weighted by atomic mass is 10.0. The number of pyridine rings is 2. The Labute approximate surface area is 214 Å². The van der Waals surface area contributed by atoms with E-state index in [-0.39, 0.29) is 5.91 Å². The number of aromatic nitrogens is 6. The predicted octanol–water partition coefficient (Wildman–Crippen LogP) is 5.68. The minimum atomic E-state index is 0.0108. The van der Waals surface area contributed by atoms with E-state index < -0.39 is 0 Å². The summed E-state index contributed by atoms with van der Waals surface area (Å²) in [4.78, 5) is 32.0. The van der Waals surface area contributed by atoms with E-state index in [2.05, 4.69) is 48.4 Å². The lowest BCUT2D eigenvalue weighted by Crippen LogP contribution is -2.30. The molecule has 0 radical (unpaired) electrons. The van der Waals surface area contributed by atoms with Crippen LogP contribution in [0.15, 0.2) is 48.9 Å². The number of carbonyl (C=O) groups is 1. The van der Waals surface area contributed by atoms with E-state index in [0.717, 1.165) is 70.5 Å². The number of piperidine rings is 1. The number of rotatable bonds is 7. The van der Waals surface area contributed by atoms with Crippen LogP contribution in [-0.2, 0) is 4.79 Å². The van der Waals surface area contributed by atoms with Gasteiger partial charge in [0, 0.05) is 42.9 Å². The first-order chi connectivity index (χ1) is 18.2. The van der Waals surface area contributed by atoms with Crippen molar-refractivity contribution in [1.82, 2.24) is 30.1 Å². The fourth-order valence-electron chi connectivity index (χ4n) is 4.97. The molecule has 9 heteroatoms. The molecular formula is C28H30N8O. The maximum Gasteiger partial charge on any atom is 0.224 e. The average Bonchev–Trinajstić information content (AvgIpc) is 3.56. The van der Waals surface area contributed by atoms with Crippen LogP contribution in [0.4, 0.5) is 11.5 Å². The summed E-state index contributed by atoms with van der Waals surface area (Å²) < 4.78 is 0. The number of aromatic amines is 2. The van der Waals surface area contributed by atoms with E-state index in [1.54, 1.807) is 12.4 Å². The number of unbranched alkanes of at least 4 members (excludes halogenated alkanes) is 1. The number of amides is 1. The maximum atomic E-state index is 12.2. The molecule has 37 heavy (non-hydrogen) atoms. The second kappa shape index (κ2) is 10.0. The summed E-state index contributed by atoms with van der Waals surface area (Å²) in [6.45, 7) is 4.09. The normalized spacial score (nSPS) is 13.9. The smallest absolute Gasteiger partial charge is 0.224 e. The second-order valence-electron chi connectivity index (χ2n) is 9.61. The molecule has 0 aliphatic carbocycles. The Kier molecular flexibility index (Phi) is 6.26. The van der Waals surface area contributed by atoms with Gasteiger partial charge in [0.05, 0.1) is 22.9 Å². The zero-order valence-electron chi connectivity index (χ0n) is 20.9. The van der Waals surface area contributed by atoms with Gasteiger partial charge in [0.2, 0.25) is 5.91 Å². The van der Waals surface area contributed by atoms with Crippen molar-refractivity contribution >= 4 is 39.3 Å². The Bertz CT molecular complexity index is 1560.